The second-order valence-electron chi connectivity index (χ2n) is 27.5. The highest BCUT2D eigenvalue weighted by Crippen LogP contribution is 2.30. The molecular weight excluding hydrogens is 1320 g/mol. The Bertz CT molecular complexity index is 3340. The second kappa shape index (κ2) is 37.7. The van der Waals surface area contributed by atoms with Crippen LogP contribution in [0.1, 0.15) is 122 Å². The Morgan fingerprint density at radius 3 is 1.66 bits per heavy atom. The van der Waals surface area contributed by atoms with Crippen molar-refractivity contribution in [1.82, 2.24) is 60.5 Å². The molecule has 12 amide bonds. The van der Waals surface area contributed by atoms with E-state index in [4.69, 9.17) is 11.6 Å². The molecule has 24 nitrogen and oxygen atoms in total. The Morgan fingerprint density at radius 1 is 0.530 bits per heavy atom. The molecule has 2 fully saturated rings. The van der Waals surface area contributed by atoms with Crippen LogP contribution in [0.15, 0.2) is 78.9 Å². The Hall–Kier alpha value is -8.62. The summed E-state index contributed by atoms with van der Waals surface area (Å²) in [6.45, 7) is 11.0. The third-order valence-corrected chi connectivity index (χ3v) is 19.0. The smallest absolute Gasteiger partial charge is 0.343 e. The standard InChI is InChI=1S/C72H102ClF3N12O12/c1-15-46(6)63-71(100)83(10)42-61(91)81(8)43-62(92)85(12)58(39-50-25-31-52(73)32-26-50)69(98)82(9)41-59(89)77-53(33-27-49-23-29-51(30-24-49)72(74,75)76)65(94)78-54(37-44(2)3)67(96)86(13)56(34-28-48-21-17-16-18-22-48)70(99)87(14)57(38-45(4)5)66(95)79-55(68(97)88-35-19-20-36-88)40-60(90)84(11)47(7)64(93)80-63/h16-18,21-26,29-32,44-47,53-58,63H,15,19-20,27-28,33-43H2,1-14H3,(H,77,89)(H,78,94)(H,79,95)(H,80,93)/t46-,47-,53-,54-,55-,56-,57-,58-,63-/m0/s1. The predicted octanol–water partition coefficient (Wildman–Crippen LogP) is 4.97. The number of carbonyl (C=O) groups is 12. The van der Waals surface area contributed by atoms with E-state index in [1.54, 1.807) is 52.0 Å². The van der Waals surface area contributed by atoms with Crippen molar-refractivity contribution >= 4 is 82.5 Å². The number of nitrogens with one attached hydrogen (secondary N) is 4. The molecule has 0 spiro atoms. The van der Waals surface area contributed by atoms with Crippen molar-refractivity contribution in [1.29, 1.82) is 0 Å². The molecule has 0 radical (unpaired) electrons. The van der Waals surface area contributed by atoms with Crippen molar-refractivity contribution < 1.29 is 70.7 Å². The monoisotopic (exact) mass is 1420 g/mol. The highest BCUT2D eigenvalue weighted by molar-refractivity contribution is 6.30. The minimum atomic E-state index is -4.65. The lowest BCUT2D eigenvalue weighted by Crippen LogP contribution is -2.60. The zero-order valence-corrected chi connectivity index (χ0v) is 60.9. The first kappa shape index (κ1) is 82.1. The highest BCUT2D eigenvalue weighted by atomic mass is 35.5. The van der Waals surface area contributed by atoms with E-state index in [1.807, 2.05) is 44.2 Å². The normalized spacial score (nSPS) is 23.5. The van der Waals surface area contributed by atoms with Gasteiger partial charge in [0, 0.05) is 73.9 Å². The molecule has 2 aliphatic rings. The molecule has 2 saturated heterocycles. The van der Waals surface area contributed by atoms with Crippen LogP contribution in [0.5, 0.6) is 0 Å². The second-order valence-corrected chi connectivity index (χ2v) is 27.9. The van der Waals surface area contributed by atoms with Gasteiger partial charge in [0.05, 0.1) is 31.6 Å². The molecule has 3 aromatic rings. The number of benzene rings is 3. The number of carbonyl (C=O) groups excluding carboxylic acids is 12. The first-order chi connectivity index (χ1) is 46.9. The summed E-state index contributed by atoms with van der Waals surface area (Å²) in [6.07, 6.45) is -3.73. The van der Waals surface area contributed by atoms with Crippen molar-refractivity contribution in [3.8, 4) is 0 Å². The Balaban J connectivity index is 1.64. The molecule has 9 atom stereocenters. The number of hydrogen-bond donors (Lipinski definition) is 4. The van der Waals surface area contributed by atoms with Gasteiger partial charge >= 0.3 is 6.18 Å². The molecule has 2 heterocycles. The van der Waals surface area contributed by atoms with Crippen molar-refractivity contribution in [3.63, 3.8) is 0 Å². The zero-order valence-electron chi connectivity index (χ0n) is 60.2. The summed E-state index contributed by atoms with van der Waals surface area (Å²) in [6, 6.07) is 8.93. The minimum Gasteiger partial charge on any atom is -0.343 e. The Kier molecular flexibility index (Phi) is 30.9. The van der Waals surface area contributed by atoms with E-state index in [1.165, 1.54) is 83.1 Å². The SMILES string of the molecule is CC[C@H](C)[C@@H]1NC(=O)[C@H](C)N(C)C(=O)C[C@@H](C(=O)N2CCCC2)NC(=O)[C@H](CC(C)C)N(C)C(=O)[C@H](CCc2ccccc2)N(C)C(=O)[C@H](CC(C)C)NC(=O)[C@H](CCc2ccc(C(F)(F)F)cc2)NC(=O)CN(C)C(=O)[C@H](Cc2ccc(Cl)cc2)N(C)C(=O)CN(C)C(=O)CN(C)C1=O. The molecule has 28 heteroatoms. The fourth-order valence-corrected chi connectivity index (χ4v) is 12.2. The number of nitrogens with zero attached hydrogens (tertiary/aromatic N) is 8. The van der Waals surface area contributed by atoms with Crippen LogP contribution in [-0.4, -0.2) is 240 Å². The molecule has 4 N–H and O–H groups in total. The number of rotatable bonds is 15. The number of aryl methyl sites for hydroxylation is 2. The maximum atomic E-state index is 15.5. The maximum Gasteiger partial charge on any atom is 0.416 e. The molecule has 0 aliphatic carbocycles. The maximum absolute atomic E-state index is 15.5. The van der Waals surface area contributed by atoms with Crippen LogP contribution in [0.2, 0.25) is 5.02 Å². The van der Waals surface area contributed by atoms with Crippen LogP contribution in [0.25, 0.3) is 0 Å². The molecule has 2 aliphatic heterocycles. The predicted molar refractivity (Wildman–Crippen MR) is 371 cm³/mol. The van der Waals surface area contributed by atoms with Crippen molar-refractivity contribution in [3.05, 3.63) is 106 Å². The first-order valence-corrected chi connectivity index (χ1v) is 34.5. The minimum absolute atomic E-state index is 0.00129. The van der Waals surface area contributed by atoms with Gasteiger partial charge < -0.3 is 60.5 Å². The van der Waals surface area contributed by atoms with Crippen molar-refractivity contribution in [2.75, 3.05) is 82.1 Å². The van der Waals surface area contributed by atoms with Crippen LogP contribution >= 0.6 is 11.6 Å². The zero-order chi connectivity index (χ0) is 74.6. The van der Waals surface area contributed by atoms with Gasteiger partial charge in [-0.05, 0) is 117 Å². The molecule has 0 bridgehead atoms. The summed E-state index contributed by atoms with van der Waals surface area (Å²) >= 11 is 6.22. The Labute approximate surface area is 590 Å². The number of amides is 12. The molecule has 5 rings (SSSR count). The average Bonchev–Trinajstić information content (AvgIpc) is 0.879. The lowest BCUT2D eigenvalue weighted by atomic mass is 9.97. The number of halogens is 4. The largest absolute Gasteiger partial charge is 0.416 e. The van der Waals surface area contributed by atoms with Gasteiger partial charge in [-0.3, -0.25) is 57.5 Å². The summed E-state index contributed by atoms with van der Waals surface area (Å²) < 4.78 is 41.1. The van der Waals surface area contributed by atoms with E-state index in [2.05, 4.69) is 21.3 Å². The fraction of sp³-hybridized carbons (Fsp3) is 0.583. The molecule has 0 aromatic heterocycles. The number of likely N-dealkylation sites (tertiary alicyclic amines) is 1. The topological polar surface area (TPSA) is 279 Å². The lowest BCUT2D eigenvalue weighted by Gasteiger charge is -2.37. The van der Waals surface area contributed by atoms with Crippen LogP contribution in [-0.2, 0) is 83.0 Å². The van der Waals surface area contributed by atoms with E-state index in [-0.39, 0.29) is 56.8 Å². The number of likely N-dealkylation sites (N-methyl/N-ethyl adjacent to an activating group) is 7. The Morgan fingerprint density at radius 2 is 1.08 bits per heavy atom. The van der Waals surface area contributed by atoms with Gasteiger partial charge in [-0.15, -0.1) is 0 Å². The summed E-state index contributed by atoms with van der Waals surface area (Å²) in [7, 11) is 9.44. The molecule has 550 valence electrons. The fourth-order valence-electron chi connectivity index (χ4n) is 12.0. The molecular formula is C72H102ClF3N12O12. The van der Waals surface area contributed by atoms with Crippen LogP contribution in [0.4, 0.5) is 13.2 Å². The van der Waals surface area contributed by atoms with Gasteiger partial charge in [-0.1, -0.05) is 114 Å². The van der Waals surface area contributed by atoms with Crippen LogP contribution < -0.4 is 21.3 Å². The first-order valence-electron chi connectivity index (χ1n) is 34.2. The van der Waals surface area contributed by atoms with Gasteiger partial charge in [0.1, 0.15) is 48.3 Å². The van der Waals surface area contributed by atoms with Gasteiger partial charge in [0.15, 0.2) is 0 Å². The summed E-state index contributed by atoms with van der Waals surface area (Å²) in [5.74, 6) is -10.00. The summed E-state index contributed by atoms with van der Waals surface area (Å²) in [4.78, 5) is 185. The van der Waals surface area contributed by atoms with Gasteiger partial charge in [0.2, 0.25) is 70.9 Å². The van der Waals surface area contributed by atoms with E-state index < -0.39 is 163 Å². The van der Waals surface area contributed by atoms with E-state index >= 15 is 14.4 Å². The van der Waals surface area contributed by atoms with Gasteiger partial charge in [-0.2, -0.15) is 13.2 Å². The molecule has 3 aromatic carbocycles. The summed E-state index contributed by atoms with van der Waals surface area (Å²) in [5.41, 5.74) is 0.787. The van der Waals surface area contributed by atoms with E-state index in [9.17, 15) is 56.3 Å². The van der Waals surface area contributed by atoms with Crippen LogP contribution in [0.3, 0.4) is 0 Å². The lowest BCUT2D eigenvalue weighted by molar-refractivity contribution is -0.150. The van der Waals surface area contributed by atoms with Crippen molar-refractivity contribution in [2.45, 2.75) is 174 Å². The highest BCUT2D eigenvalue weighted by Gasteiger charge is 2.42. The third kappa shape index (κ3) is 23.5. The van der Waals surface area contributed by atoms with Gasteiger partial charge in [0.25, 0.3) is 0 Å². The van der Waals surface area contributed by atoms with Gasteiger partial charge in [-0.25, -0.2) is 0 Å². The van der Waals surface area contributed by atoms with E-state index in [0.29, 0.717) is 48.5 Å². The number of alkyl halides is 3. The van der Waals surface area contributed by atoms with Crippen molar-refractivity contribution in [2.24, 2.45) is 17.8 Å². The van der Waals surface area contributed by atoms with E-state index in [0.717, 1.165) is 42.2 Å². The molecule has 100 heavy (non-hydrogen) atoms. The number of hydrogen-bond acceptors (Lipinski definition) is 12. The molecule has 0 unspecified atom stereocenters. The quantitative estimate of drug-likeness (QED) is 0.157. The molecule has 0 saturated carbocycles. The van der Waals surface area contributed by atoms with Crippen LogP contribution in [0, 0.1) is 17.8 Å². The third-order valence-electron chi connectivity index (χ3n) is 18.8. The summed E-state index contributed by atoms with van der Waals surface area (Å²) in [5, 5.41) is 11.4. The average molecular weight is 1420 g/mol.